The van der Waals surface area contributed by atoms with Gasteiger partial charge in [-0.25, -0.2) is 19.4 Å². The van der Waals surface area contributed by atoms with E-state index in [1.165, 1.54) is 6.20 Å². The van der Waals surface area contributed by atoms with Crippen LogP contribution >= 0.6 is 0 Å². The van der Waals surface area contributed by atoms with Crippen molar-refractivity contribution in [1.29, 1.82) is 0 Å². The summed E-state index contributed by atoms with van der Waals surface area (Å²) in [6, 6.07) is 11.4. The second-order valence-electron chi connectivity index (χ2n) is 7.00. The van der Waals surface area contributed by atoms with Crippen molar-refractivity contribution in [2.75, 3.05) is 0 Å². The Morgan fingerprint density at radius 3 is 2.57 bits per heavy atom. The van der Waals surface area contributed by atoms with Crippen molar-refractivity contribution in [2.24, 2.45) is 0 Å². The molecular weight excluding hydrogens is 352 g/mol. The summed E-state index contributed by atoms with van der Waals surface area (Å²) >= 11 is 0. The Balaban J connectivity index is 1.85. The van der Waals surface area contributed by atoms with E-state index in [-0.39, 0.29) is 5.69 Å². The number of rotatable bonds is 8. The van der Waals surface area contributed by atoms with Gasteiger partial charge >= 0.3 is 5.97 Å². The number of aryl methyl sites for hydroxylation is 1. The SMILES string of the molecule is CCCc1nc(C(C)CC)nn1Cc1ccc(-c2cccnc2C(=O)O)cc1. The maximum Gasteiger partial charge on any atom is 0.355 e. The van der Waals surface area contributed by atoms with Crippen molar-refractivity contribution in [2.45, 2.75) is 52.5 Å². The first-order valence-corrected chi connectivity index (χ1v) is 9.74. The minimum Gasteiger partial charge on any atom is -0.476 e. The van der Waals surface area contributed by atoms with Gasteiger partial charge in [0, 0.05) is 24.1 Å². The molecule has 0 aliphatic rings. The highest BCUT2D eigenvalue weighted by Crippen LogP contribution is 2.23. The minimum absolute atomic E-state index is 0.0648. The second-order valence-corrected chi connectivity index (χ2v) is 7.00. The Morgan fingerprint density at radius 2 is 1.93 bits per heavy atom. The van der Waals surface area contributed by atoms with Crippen molar-refractivity contribution < 1.29 is 9.90 Å². The van der Waals surface area contributed by atoms with Gasteiger partial charge in [-0.2, -0.15) is 5.10 Å². The second kappa shape index (κ2) is 8.78. The molecule has 1 unspecified atom stereocenters. The number of hydrogen-bond donors (Lipinski definition) is 1. The zero-order valence-corrected chi connectivity index (χ0v) is 16.6. The third-order valence-corrected chi connectivity index (χ3v) is 4.90. The molecule has 146 valence electrons. The van der Waals surface area contributed by atoms with Gasteiger partial charge in [0.15, 0.2) is 11.5 Å². The van der Waals surface area contributed by atoms with E-state index in [4.69, 9.17) is 10.1 Å². The molecule has 0 saturated heterocycles. The Kier molecular flexibility index (Phi) is 6.19. The fraction of sp³-hybridized carbons (Fsp3) is 0.364. The van der Waals surface area contributed by atoms with E-state index in [1.54, 1.807) is 12.1 Å². The molecule has 1 N–H and O–H groups in total. The molecule has 0 amide bonds. The van der Waals surface area contributed by atoms with Crippen LogP contribution in [-0.4, -0.2) is 30.8 Å². The van der Waals surface area contributed by atoms with Crippen molar-refractivity contribution in [3.05, 3.63) is 65.5 Å². The van der Waals surface area contributed by atoms with E-state index in [2.05, 4.69) is 25.8 Å². The highest BCUT2D eigenvalue weighted by molar-refractivity contribution is 5.93. The zero-order chi connectivity index (χ0) is 20.1. The normalized spacial score (nSPS) is 12.1. The molecule has 3 rings (SSSR count). The minimum atomic E-state index is -1.02. The maximum absolute atomic E-state index is 11.4. The molecule has 0 saturated carbocycles. The lowest BCUT2D eigenvalue weighted by Gasteiger charge is -2.08. The summed E-state index contributed by atoms with van der Waals surface area (Å²) in [5.74, 6) is 1.25. The van der Waals surface area contributed by atoms with Crippen LogP contribution < -0.4 is 0 Å². The molecule has 2 heterocycles. The van der Waals surface area contributed by atoms with Crippen molar-refractivity contribution >= 4 is 5.97 Å². The average molecular weight is 378 g/mol. The molecule has 3 aromatic rings. The molecule has 2 aromatic heterocycles. The molecule has 1 aromatic carbocycles. The Labute approximate surface area is 165 Å². The lowest BCUT2D eigenvalue weighted by Crippen LogP contribution is -2.07. The van der Waals surface area contributed by atoms with E-state index in [1.807, 2.05) is 28.9 Å². The van der Waals surface area contributed by atoms with Gasteiger partial charge in [-0.05, 0) is 30.0 Å². The number of carboxylic acid groups (broad SMARTS) is 1. The first-order chi connectivity index (χ1) is 13.5. The van der Waals surface area contributed by atoms with Crippen LogP contribution in [0.1, 0.15) is 67.2 Å². The lowest BCUT2D eigenvalue weighted by atomic mass is 10.0. The lowest BCUT2D eigenvalue weighted by molar-refractivity contribution is 0.0691. The van der Waals surface area contributed by atoms with Crippen LogP contribution in [0.3, 0.4) is 0 Å². The molecule has 0 radical (unpaired) electrons. The monoisotopic (exact) mass is 378 g/mol. The fourth-order valence-electron chi connectivity index (χ4n) is 3.09. The smallest absolute Gasteiger partial charge is 0.355 e. The van der Waals surface area contributed by atoms with E-state index in [9.17, 15) is 9.90 Å². The molecule has 0 fully saturated rings. The van der Waals surface area contributed by atoms with Crippen molar-refractivity contribution in [3.8, 4) is 11.1 Å². The predicted molar refractivity (Wildman–Crippen MR) is 108 cm³/mol. The Bertz CT molecular complexity index is 947. The molecule has 1 atom stereocenters. The van der Waals surface area contributed by atoms with Gasteiger partial charge in [0.1, 0.15) is 5.82 Å². The largest absolute Gasteiger partial charge is 0.476 e. The Hall–Kier alpha value is -3.02. The molecule has 6 nitrogen and oxygen atoms in total. The Morgan fingerprint density at radius 1 is 1.18 bits per heavy atom. The predicted octanol–water partition coefficient (Wildman–Crippen LogP) is 4.55. The number of nitrogens with zero attached hydrogens (tertiary/aromatic N) is 4. The summed E-state index contributed by atoms with van der Waals surface area (Å²) in [6.07, 6.45) is 4.44. The van der Waals surface area contributed by atoms with Crippen LogP contribution in [0.4, 0.5) is 0 Å². The third kappa shape index (κ3) is 4.27. The van der Waals surface area contributed by atoms with Gasteiger partial charge in [-0.3, -0.25) is 0 Å². The molecule has 0 spiro atoms. The highest BCUT2D eigenvalue weighted by atomic mass is 16.4. The van der Waals surface area contributed by atoms with Gasteiger partial charge in [0.2, 0.25) is 0 Å². The molecule has 28 heavy (non-hydrogen) atoms. The number of hydrogen-bond acceptors (Lipinski definition) is 4. The van der Waals surface area contributed by atoms with Gasteiger partial charge < -0.3 is 5.11 Å². The number of aromatic nitrogens is 4. The number of benzene rings is 1. The van der Waals surface area contributed by atoms with Crippen LogP contribution in [0, 0.1) is 0 Å². The third-order valence-electron chi connectivity index (χ3n) is 4.90. The highest BCUT2D eigenvalue weighted by Gasteiger charge is 2.15. The van der Waals surface area contributed by atoms with E-state index >= 15 is 0 Å². The maximum atomic E-state index is 11.4. The standard InChI is InChI=1S/C22H26N4O2/c1-4-7-19-24-21(15(3)5-2)25-26(19)14-16-9-11-17(12-10-16)18-8-6-13-23-20(18)22(27)28/h6,8-13,15H,4-5,7,14H2,1-3H3,(H,27,28). The summed E-state index contributed by atoms with van der Waals surface area (Å²) < 4.78 is 1.99. The van der Waals surface area contributed by atoms with E-state index in [0.717, 1.165) is 42.0 Å². The van der Waals surface area contributed by atoms with Crippen molar-refractivity contribution in [3.63, 3.8) is 0 Å². The molecule has 6 heteroatoms. The van der Waals surface area contributed by atoms with Gasteiger partial charge in [0.25, 0.3) is 0 Å². The van der Waals surface area contributed by atoms with Gasteiger partial charge in [0.05, 0.1) is 6.54 Å². The zero-order valence-electron chi connectivity index (χ0n) is 16.6. The molecule has 0 aliphatic heterocycles. The quantitative estimate of drug-likeness (QED) is 0.622. The summed E-state index contributed by atoms with van der Waals surface area (Å²) in [5.41, 5.74) is 2.62. The topological polar surface area (TPSA) is 80.9 Å². The van der Waals surface area contributed by atoms with Crippen molar-refractivity contribution in [1.82, 2.24) is 19.7 Å². The number of carbonyl (C=O) groups is 1. The average Bonchev–Trinajstić information content (AvgIpc) is 3.10. The summed E-state index contributed by atoms with van der Waals surface area (Å²) in [4.78, 5) is 20.1. The van der Waals surface area contributed by atoms with Gasteiger partial charge in [-0.15, -0.1) is 0 Å². The molecular formula is C22H26N4O2. The van der Waals surface area contributed by atoms with Crippen LogP contribution in [0.2, 0.25) is 0 Å². The van der Waals surface area contributed by atoms with E-state index < -0.39 is 5.97 Å². The first kappa shape index (κ1) is 19.7. The number of pyridine rings is 1. The fourth-order valence-corrected chi connectivity index (χ4v) is 3.09. The van der Waals surface area contributed by atoms with Crippen LogP contribution in [-0.2, 0) is 13.0 Å². The van der Waals surface area contributed by atoms with E-state index in [0.29, 0.717) is 18.0 Å². The summed E-state index contributed by atoms with van der Waals surface area (Å²) in [6.45, 7) is 7.09. The first-order valence-electron chi connectivity index (χ1n) is 9.74. The summed E-state index contributed by atoms with van der Waals surface area (Å²) in [7, 11) is 0. The molecule has 0 bridgehead atoms. The number of aromatic carboxylic acids is 1. The summed E-state index contributed by atoms with van der Waals surface area (Å²) in [5, 5.41) is 14.1. The molecule has 0 aliphatic carbocycles. The van der Waals surface area contributed by atoms with Gasteiger partial charge in [-0.1, -0.05) is 51.1 Å². The van der Waals surface area contributed by atoms with Crippen LogP contribution in [0.15, 0.2) is 42.6 Å². The van der Waals surface area contributed by atoms with Crippen LogP contribution in [0.25, 0.3) is 11.1 Å². The number of carboxylic acids is 1. The van der Waals surface area contributed by atoms with Crippen LogP contribution in [0.5, 0.6) is 0 Å².